The molecule has 3 nitrogen and oxygen atoms in total. The number of carbonyl (C=O) groups is 1. The van der Waals surface area contributed by atoms with Gasteiger partial charge in [0.25, 0.3) is 0 Å². The van der Waals surface area contributed by atoms with Crippen LogP contribution in [-0.2, 0) is 9.84 Å². The summed E-state index contributed by atoms with van der Waals surface area (Å²) < 4.78 is 24.2. The topological polar surface area (TPSA) is 51.2 Å². The van der Waals surface area contributed by atoms with Gasteiger partial charge in [0.05, 0.1) is 5.25 Å². The van der Waals surface area contributed by atoms with Crippen molar-refractivity contribution >= 4 is 31.6 Å². The SMILES string of the molecule is Cc1cccc(C(=O)C2CCCC(S(C)(=O)=O)C2)c1Br. The highest BCUT2D eigenvalue weighted by Crippen LogP contribution is 2.33. The summed E-state index contributed by atoms with van der Waals surface area (Å²) in [7, 11) is -3.06. The van der Waals surface area contributed by atoms with Crippen LogP contribution in [0.4, 0.5) is 0 Å². The van der Waals surface area contributed by atoms with Gasteiger partial charge in [-0.05, 0) is 47.7 Å². The number of sulfone groups is 1. The molecule has 0 spiro atoms. The number of carbonyl (C=O) groups excluding carboxylic acids is 1. The van der Waals surface area contributed by atoms with Gasteiger partial charge in [-0.25, -0.2) is 8.42 Å². The van der Waals surface area contributed by atoms with E-state index in [1.165, 1.54) is 6.26 Å². The van der Waals surface area contributed by atoms with Gasteiger partial charge in [-0.15, -0.1) is 0 Å². The molecule has 2 unspecified atom stereocenters. The molecule has 2 rings (SSSR count). The monoisotopic (exact) mass is 358 g/mol. The van der Waals surface area contributed by atoms with Gasteiger partial charge in [0.1, 0.15) is 9.84 Å². The Morgan fingerprint density at radius 3 is 2.65 bits per heavy atom. The molecule has 0 heterocycles. The van der Waals surface area contributed by atoms with Crippen molar-refractivity contribution in [1.29, 1.82) is 0 Å². The summed E-state index contributed by atoms with van der Waals surface area (Å²) in [4.78, 5) is 12.6. The van der Waals surface area contributed by atoms with E-state index in [-0.39, 0.29) is 17.0 Å². The third-order valence-electron chi connectivity index (χ3n) is 4.06. The van der Waals surface area contributed by atoms with Crippen molar-refractivity contribution < 1.29 is 13.2 Å². The smallest absolute Gasteiger partial charge is 0.167 e. The van der Waals surface area contributed by atoms with E-state index < -0.39 is 9.84 Å². The fraction of sp³-hybridized carbons (Fsp3) is 0.533. The number of hydrogen-bond acceptors (Lipinski definition) is 3. The highest BCUT2D eigenvalue weighted by atomic mass is 79.9. The van der Waals surface area contributed by atoms with Crippen LogP contribution in [0.25, 0.3) is 0 Å². The molecule has 1 aromatic rings. The number of aryl methyl sites for hydroxylation is 1. The predicted octanol–water partition coefficient (Wildman–Crippen LogP) is 3.54. The molecular weight excluding hydrogens is 340 g/mol. The van der Waals surface area contributed by atoms with Crippen molar-refractivity contribution in [1.82, 2.24) is 0 Å². The molecule has 0 N–H and O–H groups in total. The average Bonchev–Trinajstić information content (AvgIpc) is 2.40. The van der Waals surface area contributed by atoms with Crippen LogP contribution in [0.2, 0.25) is 0 Å². The van der Waals surface area contributed by atoms with Crippen molar-refractivity contribution in [2.24, 2.45) is 5.92 Å². The first kappa shape index (κ1) is 15.7. The maximum absolute atomic E-state index is 12.6. The van der Waals surface area contributed by atoms with Crippen LogP contribution in [0.1, 0.15) is 41.6 Å². The number of halogens is 1. The fourth-order valence-electron chi connectivity index (χ4n) is 2.83. The second-order valence-corrected chi connectivity index (χ2v) is 8.73. The molecule has 1 saturated carbocycles. The maximum atomic E-state index is 12.6. The van der Waals surface area contributed by atoms with Crippen LogP contribution in [0, 0.1) is 12.8 Å². The first-order chi connectivity index (χ1) is 9.30. The van der Waals surface area contributed by atoms with Crippen molar-refractivity contribution in [2.75, 3.05) is 6.26 Å². The molecule has 0 radical (unpaired) electrons. The highest BCUT2D eigenvalue weighted by Gasteiger charge is 2.33. The zero-order valence-electron chi connectivity index (χ0n) is 11.7. The maximum Gasteiger partial charge on any atom is 0.167 e. The Labute approximate surface area is 128 Å². The van der Waals surface area contributed by atoms with Crippen molar-refractivity contribution in [2.45, 2.75) is 37.9 Å². The molecule has 0 saturated heterocycles. The minimum atomic E-state index is -3.06. The molecule has 20 heavy (non-hydrogen) atoms. The summed E-state index contributed by atoms with van der Waals surface area (Å²) >= 11 is 3.46. The third-order valence-corrected chi connectivity index (χ3v) is 6.75. The molecule has 1 aliphatic carbocycles. The van der Waals surface area contributed by atoms with Gasteiger partial charge in [-0.1, -0.05) is 24.6 Å². The van der Waals surface area contributed by atoms with Crippen LogP contribution in [0.15, 0.2) is 22.7 Å². The van der Waals surface area contributed by atoms with Gasteiger partial charge in [0.15, 0.2) is 5.78 Å². The summed E-state index contributed by atoms with van der Waals surface area (Å²) in [5.41, 5.74) is 1.69. The lowest BCUT2D eigenvalue weighted by Gasteiger charge is -2.27. The van der Waals surface area contributed by atoms with Crippen LogP contribution in [-0.4, -0.2) is 25.7 Å². The Hall–Kier alpha value is -0.680. The number of ketones is 1. The van der Waals surface area contributed by atoms with E-state index in [1.54, 1.807) is 0 Å². The van der Waals surface area contributed by atoms with E-state index in [2.05, 4.69) is 15.9 Å². The molecule has 5 heteroatoms. The Bertz CT molecular complexity index is 622. The molecule has 1 aliphatic rings. The Morgan fingerprint density at radius 1 is 1.30 bits per heavy atom. The first-order valence-electron chi connectivity index (χ1n) is 6.79. The number of hydrogen-bond donors (Lipinski definition) is 0. The van der Waals surface area contributed by atoms with Gasteiger partial charge in [0, 0.05) is 22.2 Å². The largest absolute Gasteiger partial charge is 0.294 e. The quantitative estimate of drug-likeness (QED) is 0.776. The summed E-state index contributed by atoms with van der Waals surface area (Å²) in [5, 5.41) is -0.367. The van der Waals surface area contributed by atoms with Crippen LogP contribution < -0.4 is 0 Å². The predicted molar refractivity (Wildman–Crippen MR) is 83.8 cm³/mol. The lowest BCUT2D eigenvalue weighted by Crippen LogP contribution is -2.31. The molecule has 0 bridgehead atoms. The Morgan fingerprint density at radius 2 is 2.00 bits per heavy atom. The summed E-state index contributed by atoms with van der Waals surface area (Å²) in [5.74, 6) is -0.115. The zero-order valence-corrected chi connectivity index (χ0v) is 14.1. The van der Waals surface area contributed by atoms with Gasteiger partial charge < -0.3 is 0 Å². The van der Waals surface area contributed by atoms with Gasteiger partial charge in [-0.2, -0.15) is 0 Å². The van der Waals surface area contributed by atoms with Crippen LogP contribution >= 0.6 is 15.9 Å². The van der Waals surface area contributed by atoms with Crippen LogP contribution in [0.5, 0.6) is 0 Å². The summed E-state index contributed by atoms with van der Waals surface area (Å²) in [6.07, 6.45) is 3.99. The van der Waals surface area contributed by atoms with Gasteiger partial charge >= 0.3 is 0 Å². The Balaban J connectivity index is 2.23. The van der Waals surface area contributed by atoms with E-state index in [0.29, 0.717) is 18.4 Å². The zero-order chi connectivity index (χ0) is 14.9. The van der Waals surface area contributed by atoms with E-state index in [0.717, 1.165) is 22.9 Å². The molecule has 2 atom stereocenters. The minimum absolute atomic E-state index is 0.0638. The van der Waals surface area contributed by atoms with Crippen molar-refractivity contribution in [3.63, 3.8) is 0 Å². The molecular formula is C15H19BrO3S. The first-order valence-corrected chi connectivity index (χ1v) is 9.53. The normalized spacial score (nSPS) is 23.6. The number of rotatable bonds is 3. The lowest BCUT2D eigenvalue weighted by molar-refractivity contribution is 0.0890. The number of Topliss-reactive ketones (excluding diaryl/α,β-unsaturated/α-hetero) is 1. The van der Waals surface area contributed by atoms with E-state index in [4.69, 9.17) is 0 Å². The molecule has 0 aliphatic heterocycles. The average molecular weight is 359 g/mol. The van der Waals surface area contributed by atoms with Crippen molar-refractivity contribution in [3.8, 4) is 0 Å². The molecule has 110 valence electrons. The Kier molecular flexibility index (Phi) is 4.69. The molecule has 1 aromatic carbocycles. The van der Waals surface area contributed by atoms with Gasteiger partial charge in [-0.3, -0.25) is 4.79 Å². The molecule has 0 amide bonds. The standard InChI is InChI=1S/C15H19BrO3S/c1-10-5-3-8-13(14(10)16)15(17)11-6-4-7-12(9-11)20(2,18)19/h3,5,8,11-12H,4,6-7,9H2,1-2H3. The third kappa shape index (κ3) is 3.31. The van der Waals surface area contributed by atoms with E-state index >= 15 is 0 Å². The van der Waals surface area contributed by atoms with Crippen LogP contribution in [0.3, 0.4) is 0 Å². The van der Waals surface area contributed by atoms with E-state index in [9.17, 15) is 13.2 Å². The highest BCUT2D eigenvalue weighted by molar-refractivity contribution is 9.10. The van der Waals surface area contributed by atoms with Crippen molar-refractivity contribution in [3.05, 3.63) is 33.8 Å². The lowest BCUT2D eigenvalue weighted by atomic mass is 9.83. The molecule has 0 aromatic heterocycles. The minimum Gasteiger partial charge on any atom is -0.294 e. The van der Waals surface area contributed by atoms with E-state index in [1.807, 2.05) is 25.1 Å². The fourth-order valence-corrected chi connectivity index (χ4v) is 4.47. The second-order valence-electron chi connectivity index (χ2n) is 5.62. The number of benzene rings is 1. The second kappa shape index (κ2) is 5.98. The van der Waals surface area contributed by atoms with Gasteiger partial charge in [0.2, 0.25) is 0 Å². The molecule has 1 fully saturated rings. The summed E-state index contributed by atoms with van der Waals surface area (Å²) in [6.45, 7) is 1.95. The summed E-state index contributed by atoms with van der Waals surface area (Å²) in [6, 6.07) is 5.62.